The Bertz CT molecular complexity index is 645. The fraction of sp³-hybridized carbons (Fsp3) is 0.312. The fourth-order valence-corrected chi connectivity index (χ4v) is 3.95. The summed E-state index contributed by atoms with van der Waals surface area (Å²) in [5.41, 5.74) is 1.12. The first kappa shape index (κ1) is 17.5. The van der Waals surface area contributed by atoms with Crippen LogP contribution in [-0.2, 0) is 11.3 Å². The molecule has 0 aliphatic heterocycles. The van der Waals surface area contributed by atoms with Crippen molar-refractivity contribution in [3.05, 3.63) is 48.6 Å². The van der Waals surface area contributed by atoms with Gasteiger partial charge in [0.2, 0.25) is 11.0 Å². The SMILES string of the molecule is C=CCNc1nnc(S[C@H](C)C(=O)N(C)Cc2ccccc2)s1. The largest absolute Gasteiger partial charge is 0.357 e. The molecule has 1 N–H and O–H groups in total. The van der Waals surface area contributed by atoms with E-state index < -0.39 is 0 Å². The van der Waals surface area contributed by atoms with Crippen molar-refractivity contribution in [2.45, 2.75) is 23.1 Å². The van der Waals surface area contributed by atoms with Crippen LogP contribution < -0.4 is 5.32 Å². The van der Waals surface area contributed by atoms with Crippen LogP contribution in [0.3, 0.4) is 0 Å². The molecule has 1 aromatic heterocycles. The van der Waals surface area contributed by atoms with Crippen molar-refractivity contribution in [1.82, 2.24) is 15.1 Å². The van der Waals surface area contributed by atoms with Gasteiger partial charge in [-0.1, -0.05) is 59.5 Å². The third-order valence-electron chi connectivity index (χ3n) is 3.07. The van der Waals surface area contributed by atoms with Gasteiger partial charge in [0.05, 0.1) is 5.25 Å². The Kier molecular flexibility index (Phi) is 6.61. The minimum absolute atomic E-state index is 0.0784. The first-order chi connectivity index (χ1) is 11.1. The van der Waals surface area contributed by atoms with Crippen LogP contribution in [-0.4, -0.2) is 39.8 Å². The van der Waals surface area contributed by atoms with E-state index in [0.29, 0.717) is 13.1 Å². The third kappa shape index (κ3) is 5.37. The molecule has 1 atom stereocenters. The van der Waals surface area contributed by atoms with E-state index >= 15 is 0 Å². The molecule has 0 bridgehead atoms. The van der Waals surface area contributed by atoms with Gasteiger partial charge in [-0.2, -0.15) is 0 Å². The van der Waals surface area contributed by atoms with Gasteiger partial charge in [0, 0.05) is 20.1 Å². The number of nitrogens with zero attached hydrogens (tertiary/aromatic N) is 3. The lowest BCUT2D eigenvalue weighted by Gasteiger charge is -2.20. The van der Waals surface area contributed by atoms with Crippen LogP contribution in [0.4, 0.5) is 5.13 Å². The van der Waals surface area contributed by atoms with Crippen molar-refractivity contribution in [2.75, 3.05) is 18.9 Å². The van der Waals surface area contributed by atoms with Crippen LogP contribution in [0.2, 0.25) is 0 Å². The van der Waals surface area contributed by atoms with Crippen molar-refractivity contribution in [1.29, 1.82) is 0 Å². The van der Waals surface area contributed by atoms with Crippen LogP contribution in [0.5, 0.6) is 0 Å². The maximum Gasteiger partial charge on any atom is 0.235 e. The summed E-state index contributed by atoms with van der Waals surface area (Å²) in [5, 5.41) is 11.8. The lowest BCUT2D eigenvalue weighted by Crippen LogP contribution is -2.32. The number of thioether (sulfide) groups is 1. The molecule has 23 heavy (non-hydrogen) atoms. The first-order valence-corrected chi connectivity index (χ1v) is 8.93. The van der Waals surface area contributed by atoms with E-state index in [1.807, 2.05) is 44.3 Å². The van der Waals surface area contributed by atoms with Gasteiger partial charge in [-0.05, 0) is 12.5 Å². The summed E-state index contributed by atoms with van der Waals surface area (Å²) < 4.78 is 0.783. The van der Waals surface area contributed by atoms with Crippen LogP contribution in [0, 0.1) is 0 Å². The van der Waals surface area contributed by atoms with Gasteiger partial charge < -0.3 is 10.2 Å². The Morgan fingerprint density at radius 3 is 2.87 bits per heavy atom. The van der Waals surface area contributed by atoms with E-state index in [2.05, 4.69) is 22.1 Å². The number of hydrogen-bond donors (Lipinski definition) is 1. The monoisotopic (exact) mass is 348 g/mol. The lowest BCUT2D eigenvalue weighted by atomic mass is 10.2. The number of hydrogen-bond acceptors (Lipinski definition) is 6. The molecule has 0 aliphatic carbocycles. The molecular formula is C16H20N4OS2. The summed E-state index contributed by atoms with van der Waals surface area (Å²) in [4.78, 5) is 14.2. The fourth-order valence-electron chi connectivity index (χ4n) is 1.94. The zero-order chi connectivity index (χ0) is 16.7. The Balaban J connectivity index is 1.88. The predicted octanol–water partition coefficient (Wildman–Crippen LogP) is 3.28. The molecule has 0 unspecified atom stereocenters. The van der Waals surface area contributed by atoms with E-state index in [4.69, 9.17) is 0 Å². The molecule has 1 heterocycles. The Labute approximate surface area is 144 Å². The number of anilines is 1. The first-order valence-electron chi connectivity index (χ1n) is 7.24. The van der Waals surface area contributed by atoms with E-state index in [1.54, 1.807) is 11.0 Å². The maximum atomic E-state index is 12.5. The quantitative estimate of drug-likeness (QED) is 0.586. The highest BCUT2D eigenvalue weighted by Gasteiger charge is 2.20. The molecule has 5 nitrogen and oxygen atoms in total. The van der Waals surface area contributed by atoms with Crippen molar-refractivity contribution in [2.24, 2.45) is 0 Å². The van der Waals surface area contributed by atoms with Crippen LogP contribution in [0.15, 0.2) is 47.3 Å². The van der Waals surface area contributed by atoms with Crippen molar-refractivity contribution >= 4 is 34.1 Å². The molecule has 1 aromatic carbocycles. The van der Waals surface area contributed by atoms with Gasteiger partial charge in [-0.15, -0.1) is 16.8 Å². The van der Waals surface area contributed by atoms with Crippen molar-refractivity contribution in [3.8, 4) is 0 Å². The Hall–Kier alpha value is -1.86. The Morgan fingerprint density at radius 2 is 2.17 bits per heavy atom. The van der Waals surface area contributed by atoms with Crippen LogP contribution in [0.1, 0.15) is 12.5 Å². The average molecular weight is 348 g/mol. The number of benzene rings is 1. The molecule has 0 radical (unpaired) electrons. The summed E-state index contributed by atoms with van der Waals surface area (Å²) in [5.74, 6) is 0.0784. The molecule has 0 saturated heterocycles. The zero-order valence-electron chi connectivity index (χ0n) is 13.2. The van der Waals surface area contributed by atoms with E-state index in [0.717, 1.165) is 15.0 Å². The minimum atomic E-state index is -0.205. The minimum Gasteiger partial charge on any atom is -0.357 e. The molecular weight excluding hydrogens is 328 g/mol. The molecule has 0 fully saturated rings. The maximum absolute atomic E-state index is 12.5. The zero-order valence-corrected chi connectivity index (χ0v) is 14.9. The van der Waals surface area contributed by atoms with Gasteiger partial charge >= 0.3 is 0 Å². The molecule has 1 amide bonds. The topological polar surface area (TPSA) is 58.1 Å². The van der Waals surface area contributed by atoms with Crippen LogP contribution >= 0.6 is 23.1 Å². The Morgan fingerprint density at radius 1 is 1.43 bits per heavy atom. The predicted molar refractivity (Wildman–Crippen MR) is 96.8 cm³/mol. The van der Waals surface area contributed by atoms with Gasteiger partial charge in [0.1, 0.15) is 0 Å². The molecule has 2 aromatic rings. The van der Waals surface area contributed by atoms with Crippen molar-refractivity contribution in [3.63, 3.8) is 0 Å². The summed E-state index contributed by atoms with van der Waals surface area (Å²) in [6, 6.07) is 9.96. The van der Waals surface area contributed by atoms with Crippen LogP contribution in [0.25, 0.3) is 0 Å². The number of carbonyl (C=O) groups is 1. The number of carbonyl (C=O) groups excluding carboxylic acids is 1. The molecule has 0 spiro atoms. The van der Waals surface area contributed by atoms with Gasteiger partial charge in [-0.25, -0.2) is 0 Å². The third-order valence-corrected chi connectivity index (χ3v) is 5.12. The number of amides is 1. The second-order valence-electron chi connectivity index (χ2n) is 4.98. The second kappa shape index (κ2) is 8.69. The summed E-state index contributed by atoms with van der Waals surface area (Å²) in [7, 11) is 1.82. The smallest absolute Gasteiger partial charge is 0.235 e. The highest BCUT2D eigenvalue weighted by Crippen LogP contribution is 2.29. The average Bonchev–Trinajstić information content (AvgIpc) is 3.00. The molecule has 0 aliphatic rings. The number of rotatable bonds is 8. The lowest BCUT2D eigenvalue weighted by molar-refractivity contribution is -0.129. The number of aromatic nitrogens is 2. The highest BCUT2D eigenvalue weighted by molar-refractivity contribution is 8.02. The van der Waals surface area contributed by atoms with Gasteiger partial charge in [0.15, 0.2) is 4.34 Å². The normalized spacial score (nSPS) is 11.7. The van der Waals surface area contributed by atoms with E-state index in [-0.39, 0.29) is 11.2 Å². The molecule has 2 rings (SSSR count). The van der Waals surface area contributed by atoms with Gasteiger partial charge in [0.25, 0.3) is 0 Å². The number of nitrogens with one attached hydrogen (secondary N) is 1. The summed E-state index contributed by atoms with van der Waals surface area (Å²) >= 11 is 2.88. The van der Waals surface area contributed by atoms with Gasteiger partial charge in [-0.3, -0.25) is 4.79 Å². The summed E-state index contributed by atoms with van der Waals surface area (Å²) in [6.45, 7) is 6.79. The second-order valence-corrected chi connectivity index (χ2v) is 7.55. The van der Waals surface area contributed by atoms with E-state index in [9.17, 15) is 4.79 Å². The van der Waals surface area contributed by atoms with E-state index in [1.165, 1.54) is 23.1 Å². The molecule has 7 heteroatoms. The summed E-state index contributed by atoms with van der Waals surface area (Å²) in [6.07, 6.45) is 1.76. The molecule has 0 saturated carbocycles. The highest BCUT2D eigenvalue weighted by atomic mass is 32.2. The standard InChI is InChI=1S/C16H20N4OS2/c1-4-10-17-15-18-19-16(23-15)22-12(2)14(21)20(3)11-13-8-6-5-7-9-13/h4-9,12H,1,10-11H2,2-3H3,(H,17,18)/t12-/m1/s1. The molecule has 122 valence electrons. The van der Waals surface area contributed by atoms with Crippen molar-refractivity contribution < 1.29 is 4.79 Å².